The van der Waals surface area contributed by atoms with Crippen molar-refractivity contribution in [1.82, 2.24) is 5.32 Å². The fourth-order valence-electron chi connectivity index (χ4n) is 2.77. The minimum atomic E-state index is -0.792. The zero-order valence-electron chi connectivity index (χ0n) is 17.3. The summed E-state index contributed by atoms with van der Waals surface area (Å²) >= 11 is 4.30. The summed E-state index contributed by atoms with van der Waals surface area (Å²) < 4.78 is 9.67. The molecular weight excluding hydrogens is 428 g/mol. The second kappa shape index (κ2) is 11.0. The van der Waals surface area contributed by atoms with Crippen molar-refractivity contribution in [3.63, 3.8) is 0 Å². The van der Waals surface area contributed by atoms with E-state index < -0.39 is 6.16 Å². The lowest BCUT2D eigenvalue weighted by molar-refractivity contribution is 0.0950. The predicted octanol–water partition coefficient (Wildman–Crippen LogP) is 4.69. The highest BCUT2D eigenvalue weighted by atomic mass is 32.1. The van der Waals surface area contributed by atoms with E-state index in [2.05, 4.69) is 23.3 Å². The number of benzene rings is 3. The van der Waals surface area contributed by atoms with E-state index in [-0.39, 0.29) is 24.2 Å². The van der Waals surface area contributed by atoms with Gasteiger partial charge in [0, 0.05) is 22.7 Å². The Bertz CT molecular complexity index is 1100. The third kappa shape index (κ3) is 6.36. The summed E-state index contributed by atoms with van der Waals surface area (Å²) in [6, 6.07) is 20.4. The molecule has 0 heterocycles. The van der Waals surface area contributed by atoms with Crippen LogP contribution in [0.2, 0.25) is 0 Å². The second-order valence-corrected chi connectivity index (χ2v) is 7.14. The molecule has 0 fully saturated rings. The predicted molar refractivity (Wildman–Crippen MR) is 123 cm³/mol. The molecule has 3 aromatic rings. The summed E-state index contributed by atoms with van der Waals surface area (Å²) in [4.78, 5) is 36.6. The van der Waals surface area contributed by atoms with Gasteiger partial charge in [-0.1, -0.05) is 24.3 Å². The molecular formula is C24H22N2O5S. The van der Waals surface area contributed by atoms with E-state index in [0.29, 0.717) is 28.3 Å². The number of hydrogen-bond donors (Lipinski definition) is 3. The molecule has 0 aromatic heterocycles. The van der Waals surface area contributed by atoms with Crippen molar-refractivity contribution in [1.29, 1.82) is 0 Å². The number of anilines is 1. The Hall–Kier alpha value is -3.78. The molecule has 0 radical (unpaired) electrons. The van der Waals surface area contributed by atoms with Crippen LogP contribution in [0.25, 0.3) is 0 Å². The molecule has 8 heteroatoms. The van der Waals surface area contributed by atoms with Crippen LogP contribution in [0.3, 0.4) is 0 Å². The molecule has 0 aliphatic heterocycles. The summed E-state index contributed by atoms with van der Waals surface area (Å²) in [5, 5.41) is 5.64. The van der Waals surface area contributed by atoms with Crippen molar-refractivity contribution >= 4 is 36.3 Å². The van der Waals surface area contributed by atoms with Crippen LogP contribution < -0.4 is 15.4 Å². The highest BCUT2D eigenvalue weighted by molar-refractivity contribution is 7.80. The van der Waals surface area contributed by atoms with E-state index in [9.17, 15) is 14.4 Å². The number of carbonyl (C=O) groups is 3. The van der Waals surface area contributed by atoms with Crippen molar-refractivity contribution in [2.75, 3.05) is 11.9 Å². The summed E-state index contributed by atoms with van der Waals surface area (Å²) in [6.07, 6.45) is -0.792. The van der Waals surface area contributed by atoms with Gasteiger partial charge in [0.15, 0.2) is 0 Å². The van der Waals surface area contributed by atoms with Crippen molar-refractivity contribution in [2.24, 2.45) is 0 Å². The highest BCUT2D eigenvalue weighted by Crippen LogP contribution is 2.17. The molecule has 7 nitrogen and oxygen atoms in total. The smallest absolute Gasteiger partial charge is 0.434 e. The van der Waals surface area contributed by atoms with E-state index in [1.165, 1.54) is 12.1 Å². The van der Waals surface area contributed by atoms with Gasteiger partial charge in [-0.2, -0.15) is 0 Å². The molecule has 0 atom stereocenters. The maximum Gasteiger partial charge on any atom is 0.513 e. The van der Waals surface area contributed by atoms with E-state index >= 15 is 0 Å². The Kier molecular flexibility index (Phi) is 7.88. The van der Waals surface area contributed by atoms with Gasteiger partial charge in [-0.25, -0.2) is 4.79 Å². The van der Waals surface area contributed by atoms with Crippen LogP contribution in [0, 0.1) is 0 Å². The van der Waals surface area contributed by atoms with Crippen LogP contribution in [0.4, 0.5) is 10.5 Å². The largest absolute Gasteiger partial charge is 0.513 e. The third-order valence-corrected chi connectivity index (χ3v) is 4.78. The molecule has 32 heavy (non-hydrogen) atoms. The molecule has 3 aromatic carbocycles. The molecule has 2 amide bonds. The number of ether oxygens (including phenoxy) is 2. The fourth-order valence-corrected chi connectivity index (χ4v) is 3.03. The quantitative estimate of drug-likeness (QED) is 0.276. The molecule has 3 rings (SSSR count). The summed E-state index contributed by atoms with van der Waals surface area (Å²) in [5.41, 5.74) is 2.42. The first-order chi connectivity index (χ1) is 15.5. The Morgan fingerprint density at radius 3 is 2.22 bits per heavy atom. The molecule has 0 saturated carbocycles. The molecule has 2 N–H and O–H groups in total. The molecule has 0 aliphatic carbocycles. The van der Waals surface area contributed by atoms with Crippen LogP contribution in [0.15, 0.2) is 77.7 Å². The average Bonchev–Trinajstić information content (AvgIpc) is 2.79. The minimum absolute atomic E-state index is 0.219. The lowest BCUT2D eigenvalue weighted by atomic mass is 10.1. The van der Waals surface area contributed by atoms with Crippen molar-refractivity contribution < 1.29 is 23.9 Å². The van der Waals surface area contributed by atoms with Gasteiger partial charge in [-0.05, 0) is 61.0 Å². The van der Waals surface area contributed by atoms with Gasteiger partial charge >= 0.3 is 6.16 Å². The van der Waals surface area contributed by atoms with Crippen LogP contribution >= 0.6 is 12.6 Å². The summed E-state index contributed by atoms with van der Waals surface area (Å²) in [7, 11) is 0. The van der Waals surface area contributed by atoms with Crippen molar-refractivity contribution in [2.45, 2.75) is 18.4 Å². The summed E-state index contributed by atoms with van der Waals surface area (Å²) in [5.74, 6) is -0.222. The zero-order chi connectivity index (χ0) is 22.9. The van der Waals surface area contributed by atoms with Crippen molar-refractivity contribution in [3.8, 4) is 5.75 Å². The first-order valence-corrected chi connectivity index (χ1v) is 10.3. The fraction of sp³-hybridized carbons (Fsp3) is 0.125. The number of rotatable bonds is 7. The van der Waals surface area contributed by atoms with Crippen LogP contribution in [0.5, 0.6) is 5.75 Å². The maximum atomic E-state index is 12.4. The lowest BCUT2D eigenvalue weighted by Crippen LogP contribution is -2.22. The van der Waals surface area contributed by atoms with Gasteiger partial charge in [-0.15, -0.1) is 12.6 Å². The van der Waals surface area contributed by atoms with Gasteiger partial charge in [0.1, 0.15) is 5.75 Å². The third-order valence-electron chi connectivity index (χ3n) is 4.39. The van der Waals surface area contributed by atoms with E-state index in [1.54, 1.807) is 49.4 Å². The number of hydrogen-bond acceptors (Lipinski definition) is 6. The van der Waals surface area contributed by atoms with E-state index in [0.717, 1.165) is 5.56 Å². The topological polar surface area (TPSA) is 93.7 Å². The molecule has 0 spiro atoms. The van der Waals surface area contributed by atoms with Crippen LogP contribution in [-0.4, -0.2) is 24.6 Å². The SMILES string of the molecule is CCOC(=O)Oc1ccc(C(=O)NCc2ccc(NC(=O)c3ccccc3S)cc2)cc1. The number of amides is 2. The average molecular weight is 451 g/mol. The molecule has 164 valence electrons. The number of carbonyl (C=O) groups excluding carboxylic acids is 3. The molecule has 0 aliphatic rings. The van der Waals surface area contributed by atoms with E-state index in [1.807, 2.05) is 18.2 Å². The lowest BCUT2D eigenvalue weighted by Gasteiger charge is -2.09. The Balaban J connectivity index is 1.51. The number of nitrogens with one attached hydrogen (secondary N) is 2. The van der Waals surface area contributed by atoms with Gasteiger partial charge in [0.05, 0.1) is 12.2 Å². The molecule has 0 unspecified atom stereocenters. The highest BCUT2D eigenvalue weighted by Gasteiger charge is 2.10. The van der Waals surface area contributed by atoms with Gasteiger partial charge in [0.2, 0.25) is 0 Å². The van der Waals surface area contributed by atoms with Crippen molar-refractivity contribution in [3.05, 3.63) is 89.5 Å². The molecule has 0 saturated heterocycles. The standard InChI is InChI=1S/C24H22N2O5S/c1-2-30-24(29)31-19-13-9-17(10-14-19)22(27)25-15-16-7-11-18(12-8-16)26-23(28)20-5-3-4-6-21(20)32/h3-14,32H,2,15H2,1H3,(H,25,27)(H,26,28). The second-order valence-electron chi connectivity index (χ2n) is 6.66. The van der Waals surface area contributed by atoms with Gasteiger partial charge in [0.25, 0.3) is 11.8 Å². The Morgan fingerprint density at radius 2 is 1.56 bits per heavy atom. The normalized spacial score (nSPS) is 10.2. The monoisotopic (exact) mass is 450 g/mol. The first-order valence-electron chi connectivity index (χ1n) is 9.87. The number of thiol groups is 1. The van der Waals surface area contributed by atoms with Crippen LogP contribution in [0.1, 0.15) is 33.2 Å². The zero-order valence-corrected chi connectivity index (χ0v) is 18.2. The van der Waals surface area contributed by atoms with Gasteiger partial charge < -0.3 is 20.1 Å². The Morgan fingerprint density at radius 1 is 0.875 bits per heavy atom. The first kappa shape index (κ1) is 22.9. The molecule has 0 bridgehead atoms. The minimum Gasteiger partial charge on any atom is -0.434 e. The maximum absolute atomic E-state index is 12.4. The van der Waals surface area contributed by atoms with E-state index in [4.69, 9.17) is 9.47 Å². The van der Waals surface area contributed by atoms with Gasteiger partial charge in [-0.3, -0.25) is 9.59 Å². The summed E-state index contributed by atoms with van der Waals surface area (Å²) in [6.45, 7) is 2.21. The van der Waals surface area contributed by atoms with Crippen LogP contribution in [-0.2, 0) is 11.3 Å². The Labute approximate surface area is 191 Å².